The first-order chi connectivity index (χ1) is 15.6. The average Bonchev–Trinajstić information content (AvgIpc) is 2.84. The number of ether oxygens (including phenoxy) is 4. The van der Waals surface area contributed by atoms with Crippen LogP contribution in [0.15, 0.2) is 82.2 Å². The van der Waals surface area contributed by atoms with Crippen molar-refractivity contribution in [2.45, 2.75) is 6.61 Å². The molecule has 0 fully saturated rings. The van der Waals surface area contributed by atoms with Crippen molar-refractivity contribution in [3.63, 3.8) is 0 Å². The monoisotopic (exact) mass is 432 g/mol. The van der Waals surface area contributed by atoms with Gasteiger partial charge in [0.05, 0.1) is 25.2 Å². The fraction of sp³-hybridized carbons (Fsp3) is 0.120. The van der Waals surface area contributed by atoms with Crippen LogP contribution in [0.25, 0.3) is 11.0 Å². The van der Waals surface area contributed by atoms with Gasteiger partial charge in [0, 0.05) is 6.07 Å². The summed E-state index contributed by atoms with van der Waals surface area (Å²) in [6, 6.07) is 18.8. The summed E-state index contributed by atoms with van der Waals surface area (Å²) >= 11 is 0. The first kappa shape index (κ1) is 21.0. The second-order valence-corrected chi connectivity index (χ2v) is 6.84. The van der Waals surface area contributed by atoms with E-state index in [1.54, 1.807) is 49.6 Å². The lowest BCUT2D eigenvalue weighted by atomic mass is 10.2. The predicted octanol–water partition coefficient (Wildman–Crippen LogP) is 4.96. The molecule has 0 N–H and O–H groups in total. The number of hydrogen-bond donors (Lipinski definition) is 0. The maximum Gasteiger partial charge on any atom is 0.337 e. The molecule has 0 atom stereocenters. The Hall–Kier alpha value is -4.26. The zero-order valence-electron chi connectivity index (χ0n) is 17.5. The fourth-order valence-corrected chi connectivity index (χ4v) is 3.04. The van der Waals surface area contributed by atoms with Crippen molar-refractivity contribution < 1.29 is 28.2 Å². The van der Waals surface area contributed by atoms with Crippen molar-refractivity contribution in [3.8, 4) is 23.0 Å². The fourth-order valence-electron chi connectivity index (χ4n) is 3.04. The zero-order chi connectivity index (χ0) is 22.5. The molecule has 7 heteroatoms. The number of fused-ring (bicyclic) bond motifs is 1. The molecule has 0 bridgehead atoms. The van der Waals surface area contributed by atoms with E-state index in [1.165, 1.54) is 13.4 Å². The third-order valence-corrected chi connectivity index (χ3v) is 4.78. The smallest absolute Gasteiger partial charge is 0.337 e. The topological polar surface area (TPSA) is 84.2 Å². The predicted molar refractivity (Wildman–Crippen MR) is 118 cm³/mol. The van der Waals surface area contributed by atoms with Crippen molar-refractivity contribution in [3.05, 3.63) is 94.3 Å². The van der Waals surface area contributed by atoms with E-state index in [9.17, 15) is 9.59 Å². The molecule has 3 aromatic carbocycles. The van der Waals surface area contributed by atoms with Crippen molar-refractivity contribution in [1.29, 1.82) is 0 Å². The SMILES string of the molecule is COC(=O)c1ccc(Oc2coc3cc(OCc4ccc(OC)cc4)ccc3c2=O)cc1. The largest absolute Gasteiger partial charge is 0.497 e. The minimum absolute atomic E-state index is 0.0372. The molecule has 0 saturated carbocycles. The van der Waals surface area contributed by atoms with Gasteiger partial charge in [-0.15, -0.1) is 0 Å². The quantitative estimate of drug-likeness (QED) is 0.382. The maximum atomic E-state index is 12.8. The Morgan fingerprint density at radius 1 is 0.875 bits per heavy atom. The van der Waals surface area contributed by atoms with Crippen LogP contribution >= 0.6 is 0 Å². The second-order valence-electron chi connectivity index (χ2n) is 6.84. The van der Waals surface area contributed by atoms with Gasteiger partial charge in [-0.25, -0.2) is 4.79 Å². The lowest BCUT2D eigenvalue weighted by Gasteiger charge is -2.09. The van der Waals surface area contributed by atoms with Gasteiger partial charge in [-0.3, -0.25) is 4.79 Å². The van der Waals surface area contributed by atoms with Gasteiger partial charge >= 0.3 is 5.97 Å². The van der Waals surface area contributed by atoms with Crippen LogP contribution in [-0.4, -0.2) is 20.2 Å². The first-order valence-corrected chi connectivity index (χ1v) is 9.75. The average molecular weight is 432 g/mol. The number of benzene rings is 3. The van der Waals surface area contributed by atoms with Crippen molar-refractivity contribution >= 4 is 16.9 Å². The third kappa shape index (κ3) is 4.57. The van der Waals surface area contributed by atoms with E-state index in [-0.39, 0.29) is 11.2 Å². The van der Waals surface area contributed by atoms with E-state index in [1.807, 2.05) is 24.3 Å². The summed E-state index contributed by atoms with van der Waals surface area (Å²) in [6.07, 6.45) is 1.26. The van der Waals surface area contributed by atoms with E-state index in [0.29, 0.717) is 34.6 Å². The number of esters is 1. The molecule has 0 unspecified atom stereocenters. The molecule has 162 valence electrons. The summed E-state index contributed by atoms with van der Waals surface area (Å²) in [4.78, 5) is 24.3. The minimum Gasteiger partial charge on any atom is -0.497 e. The van der Waals surface area contributed by atoms with Crippen molar-refractivity contribution in [2.24, 2.45) is 0 Å². The molecule has 0 aliphatic rings. The van der Waals surface area contributed by atoms with Gasteiger partial charge in [0.15, 0.2) is 0 Å². The van der Waals surface area contributed by atoms with E-state index in [4.69, 9.17) is 18.6 Å². The molecule has 7 nitrogen and oxygen atoms in total. The van der Waals surface area contributed by atoms with Crippen LogP contribution in [0.2, 0.25) is 0 Å². The maximum absolute atomic E-state index is 12.8. The molecule has 0 saturated heterocycles. The van der Waals surface area contributed by atoms with Gasteiger partial charge < -0.3 is 23.4 Å². The van der Waals surface area contributed by atoms with E-state index >= 15 is 0 Å². The Balaban J connectivity index is 1.49. The first-order valence-electron chi connectivity index (χ1n) is 9.75. The van der Waals surface area contributed by atoms with E-state index in [2.05, 4.69) is 4.74 Å². The van der Waals surface area contributed by atoms with Crippen LogP contribution in [0.1, 0.15) is 15.9 Å². The van der Waals surface area contributed by atoms with Crippen LogP contribution in [-0.2, 0) is 11.3 Å². The van der Waals surface area contributed by atoms with Crippen LogP contribution < -0.4 is 19.6 Å². The van der Waals surface area contributed by atoms with Gasteiger partial charge in [-0.1, -0.05) is 12.1 Å². The highest BCUT2D eigenvalue weighted by molar-refractivity contribution is 5.89. The van der Waals surface area contributed by atoms with Crippen LogP contribution in [0.4, 0.5) is 0 Å². The standard InChI is InChI=1S/C25H20O7/c1-28-18-7-3-16(4-8-18)14-30-20-11-12-21-22(13-20)31-15-23(24(21)26)32-19-9-5-17(6-10-19)25(27)29-2/h3-13,15H,14H2,1-2H3. The molecular formula is C25H20O7. The lowest BCUT2D eigenvalue weighted by molar-refractivity contribution is 0.0600. The summed E-state index contributed by atoms with van der Waals surface area (Å²) in [5.41, 5.74) is 1.43. The molecule has 32 heavy (non-hydrogen) atoms. The molecule has 1 aromatic heterocycles. The lowest BCUT2D eigenvalue weighted by Crippen LogP contribution is -2.05. The van der Waals surface area contributed by atoms with Gasteiger partial charge in [0.2, 0.25) is 11.2 Å². The number of hydrogen-bond acceptors (Lipinski definition) is 7. The molecule has 0 amide bonds. The number of carbonyl (C=O) groups excluding carboxylic acids is 1. The highest BCUT2D eigenvalue weighted by Crippen LogP contribution is 2.25. The summed E-state index contributed by atoms with van der Waals surface area (Å²) < 4.78 is 26.9. The number of carbonyl (C=O) groups is 1. The molecule has 4 rings (SSSR count). The van der Waals surface area contributed by atoms with Crippen LogP contribution in [0.5, 0.6) is 23.0 Å². The summed E-state index contributed by atoms with van der Waals surface area (Å²) in [5.74, 6) is 1.33. The molecule has 0 aliphatic carbocycles. The zero-order valence-corrected chi connectivity index (χ0v) is 17.5. The summed E-state index contributed by atoms with van der Waals surface area (Å²) in [7, 11) is 2.92. The summed E-state index contributed by atoms with van der Waals surface area (Å²) in [6.45, 7) is 0.364. The van der Waals surface area contributed by atoms with Crippen molar-refractivity contribution in [2.75, 3.05) is 14.2 Å². The Bertz CT molecular complexity index is 1290. The number of methoxy groups -OCH3 is 2. The molecule has 4 aromatic rings. The van der Waals surface area contributed by atoms with Crippen LogP contribution in [0.3, 0.4) is 0 Å². The Morgan fingerprint density at radius 3 is 2.25 bits per heavy atom. The highest BCUT2D eigenvalue weighted by atomic mass is 16.5. The Morgan fingerprint density at radius 2 is 1.56 bits per heavy atom. The molecular weight excluding hydrogens is 412 g/mol. The van der Waals surface area contributed by atoms with Gasteiger partial charge in [0.1, 0.15) is 35.7 Å². The Kier molecular flexibility index (Phi) is 6.07. The molecule has 0 spiro atoms. The number of rotatable bonds is 7. The molecule has 0 radical (unpaired) electrons. The normalized spacial score (nSPS) is 10.6. The summed E-state index contributed by atoms with van der Waals surface area (Å²) in [5, 5.41) is 0.366. The second kappa shape index (κ2) is 9.26. The van der Waals surface area contributed by atoms with E-state index < -0.39 is 5.97 Å². The van der Waals surface area contributed by atoms with Gasteiger partial charge in [-0.2, -0.15) is 0 Å². The Labute approximate surface area is 183 Å². The highest BCUT2D eigenvalue weighted by Gasteiger charge is 2.11. The van der Waals surface area contributed by atoms with Crippen molar-refractivity contribution in [1.82, 2.24) is 0 Å². The van der Waals surface area contributed by atoms with Gasteiger partial charge in [-0.05, 0) is 54.1 Å². The third-order valence-electron chi connectivity index (χ3n) is 4.78. The van der Waals surface area contributed by atoms with Gasteiger partial charge in [0.25, 0.3) is 0 Å². The molecule has 1 heterocycles. The minimum atomic E-state index is -0.452. The van der Waals surface area contributed by atoms with Crippen LogP contribution in [0, 0.1) is 0 Å². The van der Waals surface area contributed by atoms with E-state index in [0.717, 1.165) is 11.3 Å². The molecule has 0 aliphatic heterocycles.